The Bertz CT molecular complexity index is 704. The topological polar surface area (TPSA) is 64.2 Å². The van der Waals surface area contributed by atoms with Crippen LogP contribution in [0.5, 0.6) is 0 Å². The molecule has 0 saturated carbocycles. The maximum Gasteiger partial charge on any atom is 0.236 e. The van der Waals surface area contributed by atoms with Crippen molar-refractivity contribution in [2.24, 2.45) is 0 Å². The van der Waals surface area contributed by atoms with Gasteiger partial charge in [-0.05, 0) is 30.7 Å². The molecule has 1 aliphatic heterocycles. The van der Waals surface area contributed by atoms with Gasteiger partial charge in [-0.3, -0.25) is 9.69 Å². The summed E-state index contributed by atoms with van der Waals surface area (Å²) in [6.07, 6.45) is 1.99. The SMILES string of the molecule is CN(Cc1ccc(N(C)C)cc1)C(=O)CN1CCCN(S(C)(=O)=O)CC1. The lowest BCUT2D eigenvalue weighted by atomic mass is 10.2. The normalized spacial score (nSPS) is 16.9. The first kappa shape index (κ1) is 20.7. The van der Waals surface area contributed by atoms with Gasteiger partial charge in [-0.1, -0.05) is 12.1 Å². The van der Waals surface area contributed by atoms with E-state index in [9.17, 15) is 13.2 Å². The molecule has 0 atom stereocenters. The van der Waals surface area contributed by atoms with E-state index >= 15 is 0 Å². The number of sulfonamides is 1. The van der Waals surface area contributed by atoms with Gasteiger partial charge in [0.15, 0.2) is 0 Å². The van der Waals surface area contributed by atoms with Crippen LogP contribution in [0.2, 0.25) is 0 Å². The summed E-state index contributed by atoms with van der Waals surface area (Å²) >= 11 is 0. The van der Waals surface area contributed by atoms with Crippen LogP contribution in [0.1, 0.15) is 12.0 Å². The highest BCUT2D eigenvalue weighted by molar-refractivity contribution is 7.88. The number of anilines is 1. The van der Waals surface area contributed by atoms with E-state index < -0.39 is 10.0 Å². The number of carbonyl (C=O) groups is 1. The minimum Gasteiger partial charge on any atom is -0.378 e. The summed E-state index contributed by atoms with van der Waals surface area (Å²) in [6, 6.07) is 8.16. The standard InChI is InChI=1S/C18H30N4O3S/c1-19(2)17-8-6-16(7-9-17)14-20(3)18(23)15-21-10-5-11-22(13-12-21)26(4,24)25/h6-9H,5,10-15H2,1-4H3. The van der Waals surface area contributed by atoms with Crippen molar-refractivity contribution in [1.29, 1.82) is 0 Å². The van der Waals surface area contributed by atoms with Crippen LogP contribution in [0.4, 0.5) is 5.69 Å². The molecular formula is C18H30N4O3S. The molecule has 0 unspecified atom stereocenters. The molecule has 1 aromatic rings. The molecule has 8 heteroatoms. The smallest absolute Gasteiger partial charge is 0.236 e. The van der Waals surface area contributed by atoms with E-state index in [4.69, 9.17) is 0 Å². The van der Waals surface area contributed by atoms with Crippen molar-refractivity contribution in [3.63, 3.8) is 0 Å². The Balaban J connectivity index is 1.86. The minimum atomic E-state index is -3.16. The number of hydrogen-bond acceptors (Lipinski definition) is 5. The number of carbonyl (C=O) groups excluding carboxylic acids is 1. The van der Waals surface area contributed by atoms with Crippen LogP contribution in [0.25, 0.3) is 0 Å². The van der Waals surface area contributed by atoms with E-state index in [-0.39, 0.29) is 5.91 Å². The minimum absolute atomic E-state index is 0.0505. The van der Waals surface area contributed by atoms with Crippen molar-refractivity contribution in [2.45, 2.75) is 13.0 Å². The van der Waals surface area contributed by atoms with Gasteiger partial charge >= 0.3 is 0 Å². The maximum atomic E-state index is 12.5. The lowest BCUT2D eigenvalue weighted by molar-refractivity contribution is -0.131. The summed E-state index contributed by atoms with van der Waals surface area (Å²) in [5, 5.41) is 0. The van der Waals surface area contributed by atoms with E-state index in [1.54, 1.807) is 4.90 Å². The summed E-state index contributed by atoms with van der Waals surface area (Å²) in [7, 11) is 2.64. The van der Waals surface area contributed by atoms with E-state index in [1.807, 2.05) is 55.2 Å². The van der Waals surface area contributed by atoms with Gasteiger partial charge in [-0.15, -0.1) is 0 Å². The van der Waals surface area contributed by atoms with Gasteiger partial charge in [0.05, 0.1) is 12.8 Å². The first-order chi connectivity index (χ1) is 12.2. The van der Waals surface area contributed by atoms with E-state index in [1.165, 1.54) is 10.6 Å². The largest absolute Gasteiger partial charge is 0.378 e. The van der Waals surface area contributed by atoms with Gasteiger partial charge in [0, 0.05) is 53.0 Å². The summed E-state index contributed by atoms with van der Waals surface area (Å²) in [5.74, 6) is 0.0505. The van der Waals surface area contributed by atoms with Crippen LogP contribution in [0.3, 0.4) is 0 Å². The van der Waals surface area contributed by atoms with E-state index in [0.717, 1.165) is 24.2 Å². The van der Waals surface area contributed by atoms with Crippen LogP contribution >= 0.6 is 0 Å². The van der Waals surface area contributed by atoms with Gasteiger partial charge in [-0.25, -0.2) is 12.7 Å². The molecule has 1 saturated heterocycles. The fourth-order valence-corrected chi connectivity index (χ4v) is 3.88. The predicted molar refractivity (Wildman–Crippen MR) is 105 cm³/mol. The Labute approximate surface area is 157 Å². The molecule has 146 valence electrons. The zero-order valence-corrected chi connectivity index (χ0v) is 17.0. The molecule has 2 rings (SSSR count). The molecule has 1 aliphatic rings. The van der Waals surface area contributed by atoms with Gasteiger partial charge in [0.2, 0.25) is 15.9 Å². The van der Waals surface area contributed by atoms with E-state index in [0.29, 0.717) is 32.7 Å². The van der Waals surface area contributed by atoms with Crippen LogP contribution in [-0.2, 0) is 21.4 Å². The molecule has 7 nitrogen and oxygen atoms in total. The molecule has 0 radical (unpaired) electrons. The molecule has 1 heterocycles. The van der Waals surface area contributed by atoms with Crippen molar-refractivity contribution in [3.8, 4) is 0 Å². The first-order valence-corrected chi connectivity index (χ1v) is 10.7. The molecule has 1 aromatic carbocycles. The fraction of sp³-hybridized carbons (Fsp3) is 0.611. The zero-order valence-electron chi connectivity index (χ0n) is 16.2. The third kappa shape index (κ3) is 5.96. The summed E-state index contributed by atoms with van der Waals surface area (Å²) in [4.78, 5) is 18.3. The highest BCUT2D eigenvalue weighted by Gasteiger charge is 2.23. The summed E-state index contributed by atoms with van der Waals surface area (Å²) in [5.41, 5.74) is 2.22. The van der Waals surface area contributed by atoms with Gasteiger partial charge in [0.1, 0.15) is 0 Å². The number of rotatable bonds is 6. The molecule has 1 fully saturated rings. The number of hydrogen-bond donors (Lipinski definition) is 0. The van der Waals surface area contributed by atoms with Crippen LogP contribution < -0.4 is 4.90 Å². The molecule has 0 bridgehead atoms. The monoisotopic (exact) mass is 382 g/mol. The van der Waals surface area contributed by atoms with Crippen molar-refractivity contribution in [1.82, 2.24) is 14.1 Å². The van der Waals surface area contributed by atoms with Crippen molar-refractivity contribution >= 4 is 21.6 Å². The molecular weight excluding hydrogens is 352 g/mol. The third-order valence-corrected chi connectivity index (χ3v) is 5.98. The highest BCUT2D eigenvalue weighted by atomic mass is 32.2. The molecule has 0 aromatic heterocycles. The lowest BCUT2D eigenvalue weighted by Crippen LogP contribution is -2.40. The second-order valence-electron chi connectivity index (χ2n) is 7.10. The van der Waals surface area contributed by atoms with Gasteiger partial charge < -0.3 is 9.80 Å². The molecule has 0 aliphatic carbocycles. The number of nitrogens with zero attached hydrogens (tertiary/aromatic N) is 4. The van der Waals surface area contributed by atoms with Crippen LogP contribution in [-0.4, -0.2) is 88.6 Å². The number of benzene rings is 1. The predicted octanol–water partition coefficient (Wildman–Crippen LogP) is 0.678. The second kappa shape index (κ2) is 8.83. The van der Waals surface area contributed by atoms with Crippen molar-refractivity contribution in [2.75, 3.05) is 65.0 Å². The summed E-state index contributed by atoms with van der Waals surface area (Å²) in [6.45, 7) is 3.19. The zero-order chi connectivity index (χ0) is 19.3. The molecule has 0 spiro atoms. The van der Waals surface area contributed by atoms with Crippen LogP contribution in [0, 0.1) is 0 Å². The van der Waals surface area contributed by atoms with Crippen molar-refractivity contribution < 1.29 is 13.2 Å². The Hall–Kier alpha value is -1.64. The summed E-state index contributed by atoms with van der Waals surface area (Å²) < 4.78 is 24.8. The van der Waals surface area contributed by atoms with Gasteiger partial charge in [0.25, 0.3) is 0 Å². The molecule has 26 heavy (non-hydrogen) atoms. The number of amides is 1. The number of likely N-dealkylation sites (N-methyl/N-ethyl adjacent to an activating group) is 1. The Kier molecular flexibility index (Phi) is 7.02. The van der Waals surface area contributed by atoms with E-state index in [2.05, 4.69) is 0 Å². The third-order valence-electron chi connectivity index (χ3n) is 4.67. The maximum absolute atomic E-state index is 12.5. The van der Waals surface area contributed by atoms with Gasteiger partial charge in [-0.2, -0.15) is 0 Å². The Morgan fingerprint density at radius 3 is 2.27 bits per heavy atom. The molecule has 0 N–H and O–H groups in total. The average molecular weight is 383 g/mol. The second-order valence-corrected chi connectivity index (χ2v) is 9.08. The van der Waals surface area contributed by atoms with Crippen LogP contribution in [0.15, 0.2) is 24.3 Å². The highest BCUT2D eigenvalue weighted by Crippen LogP contribution is 2.14. The average Bonchev–Trinajstić information content (AvgIpc) is 2.80. The lowest BCUT2D eigenvalue weighted by Gasteiger charge is -2.24. The fourth-order valence-electron chi connectivity index (χ4n) is 3.01. The Morgan fingerprint density at radius 1 is 1.04 bits per heavy atom. The van der Waals surface area contributed by atoms with Crippen molar-refractivity contribution in [3.05, 3.63) is 29.8 Å². The quantitative estimate of drug-likeness (QED) is 0.724. The Morgan fingerprint density at radius 2 is 1.69 bits per heavy atom. The first-order valence-electron chi connectivity index (χ1n) is 8.84. The molecule has 1 amide bonds.